The maximum Gasteiger partial charge on any atom is 0.196 e. The van der Waals surface area contributed by atoms with E-state index in [0.717, 1.165) is 17.0 Å². The van der Waals surface area contributed by atoms with Crippen LogP contribution in [-0.2, 0) is 6.61 Å². The number of carbonyl (C=O) groups is 1. The van der Waals surface area contributed by atoms with Crippen LogP contribution in [-0.4, -0.2) is 24.5 Å². The van der Waals surface area contributed by atoms with Crippen LogP contribution < -0.4 is 14.2 Å². The average Bonchev–Trinajstić information content (AvgIpc) is 3.23. The maximum atomic E-state index is 12.8. The number of ketones is 1. The number of hydrogen-bond acceptors (Lipinski definition) is 6. The number of nitrogens with zero attached hydrogens (tertiary/aromatic N) is 1. The molecular formula is C21H17NO4S. The van der Waals surface area contributed by atoms with Gasteiger partial charge in [0.15, 0.2) is 5.78 Å². The van der Waals surface area contributed by atoms with E-state index in [1.165, 1.54) is 0 Å². The highest BCUT2D eigenvalue weighted by molar-refractivity contribution is 7.07. The molecule has 136 valence electrons. The van der Waals surface area contributed by atoms with Crippen molar-refractivity contribution in [1.82, 2.24) is 4.98 Å². The third kappa shape index (κ3) is 3.85. The van der Waals surface area contributed by atoms with Crippen molar-refractivity contribution >= 4 is 23.2 Å². The monoisotopic (exact) mass is 379 g/mol. The lowest BCUT2D eigenvalue weighted by Crippen LogP contribution is -2.19. The lowest BCUT2D eigenvalue weighted by atomic mass is 9.98. The van der Waals surface area contributed by atoms with Gasteiger partial charge in [0.25, 0.3) is 0 Å². The number of ether oxygens (including phenoxy) is 3. The number of rotatable bonds is 5. The van der Waals surface area contributed by atoms with Crippen LogP contribution in [0.2, 0.25) is 0 Å². The molecule has 1 aliphatic heterocycles. The summed E-state index contributed by atoms with van der Waals surface area (Å²) in [5, 5.41) is 1.96. The van der Waals surface area contributed by atoms with Gasteiger partial charge in [-0.25, -0.2) is 4.98 Å². The van der Waals surface area contributed by atoms with Crippen LogP contribution in [0.25, 0.3) is 6.08 Å². The van der Waals surface area contributed by atoms with Gasteiger partial charge in [-0.2, -0.15) is 0 Å². The summed E-state index contributed by atoms with van der Waals surface area (Å²) in [4.78, 5) is 16.9. The first-order valence-electron chi connectivity index (χ1n) is 8.39. The van der Waals surface area contributed by atoms with Crippen molar-refractivity contribution in [3.05, 3.63) is 75.7 Å². The van der Waals surface area contributed by atoms with E-state index in [9.17, 15) is 4.79 Å². The molecule has 0 saturated carbocycles. The van der Waals surface area contributed by atoms with E-state index in [2.05, 4.69) is 4.98 Å². The highest BCUT2D eigenvalue weighted by atomic mass is 32.1. The van der Waals surface area contributed by atoms with Crippen molar-refractivity contribution in [1.29, 1.82) is 0 Å². The Morgan fingerprint density at radius 3 is 2.74 bits per heavy atom. The summed E-state index contributed by atoms with van der Waals surface area (Å²) in [6.07, 6.45) is 1.84. The minimum absolute atomic E-state index is 0.0426. The van der Waals surface area contributed by atoms with Crippen molar-refractivity contribution < 1.29 is 19.0 Å². The molecule has 2 heterocycles. The zero-order chi connectivity index (χ0) is 18.6. The van der Waals surface area contributed by atoms with Gasteiger partial charge in [0.1, 0.15) is 30.5 Å². The molecule has 0 amide bonds. The Morgan fingerprint density at radius 1 is 1.19 bits per heavy atom. The van der Waals surface area contributed by atoms with E-state index in [1.807, 2.05) is 35.7 Å². The SMILES string of the molecule is COc1ccc2c(c1)C(=O)C(=Cc1ccc(OCc3cscn3)cc1)CO2. The number of hydrogen-bond donors (Lipinski definition) is 0. The summed E-state index contributed by atoms with van der Waals surface area (Å²) in [7, 11) is 1.57. The van der Waals surface area contributed by atoms with Crippen LogP contribution in [0.1, 0.15) is 21.6 Å². The first-order valence-corrected chi connectivity index (χ1v) is 9.33. The molecule has 0 unspecified atom stereocenters. The number of methoxy groups -OCH3 is 1. The molecule has 0 radical (unpaired) electrons. The van der Waals surface area contributed by atoms with Gasteiger partial charge in [0.2, 0.25) is 0 Å². The molecule has 0 bridgehead atoms. The van der Waals surface area contributed by atoms with E-state index >= 15 is 0 Å². The molecule has 1 aliphatic rings. The zero-order valence-electron chi connectivity index (χ0n) is 14.7. The third-order valence-electron chi connectivity index (χ3n) is 4.20. The van der Waals surface area contributed by atoms with Crippen LogP contribution in [0.4, 0.5) is 0 Å². The lowest BCUT2D eigenvalue weighted by Gasteiger charge is -2.19. The largest absolute Gasteiger partial charge is 0.497 e. The summed E-state index contributed by atoms with van der Waals surface area (Å²) in [5.74, 6) is 1.93. The lowest BCUT2D eigenvalue weighted by molar-refractivity contribution is 0.100. The minimum atomic E-state index is -0.0426. The second kappa shape index (κ2) is 7.63. The number of fused-ring (bicyclic) bond motifs is 1. The van der Waals surface area contributed by atoms with Gasteiger partial charge in [-0.15, -0.1) is 11.3 Å². The molecule has 0 N–H and O–H groups in total. The molecule has 4 rings (SSSR count). The molecule has 0 atom stereocenters. The number of thiazole rings is 1. The minimum Gasteiger partial charge on any atom is -0.497 e. The Morgan fingerprint density at radius 2 is 2.00 bits per heavy atom. The molecule has 27 heavy (non-hydrogen) atoms. The van der Waals surface area contributed by atoms with Crippen molar-refractivity contribution in [2.45, 2.75) is 6.61 Å². The Kier molecular flexibility index (Phi) is 4.89. The van der Waals surface area contributed by atoms with Gasteiger partial charge in [-0.05, 0) is 42.0 Å². The molecule has 2 aromatic carbocycles. The summed E-state index contributed by atoms with van der Waals surface area (Å²) >= 11 is 1.54. The first kappa shape index (κ1) is 17.3. The smallest absolute Gasteiger partial charge is 0.196 e. The van der Waals surface area contributed by atoms with Crippen LogP contribution in [0.3, 0.4) is 0 Å². The highest BCUT2D eigenvalue weighted by Gasteiger charge is 2.23. The normalized spacial score (nSPS) is 14.6. The summed E-state index contributed by atoms with van der Waals surface area (Å²) in [5.41, 5.74) is 4.73. The molecule has 0 aliphatic carbocycles. The number of aromatic nitrogens is 1. The fourth-order valence-corrected chi connectivity index (χ4v) is 3.31. The van der Waals surface area contributed by atoms with Crippen molar-refractivity contribution in [2.24, 2.45) is 0 Å². The predicted molar refractivity (Wildman–Crippen MR) is 104 cm³/mol. The van der Waals surface area contributed by atoms with Crippen molar-refractivity contribution in [3.63, 3.8) is 0 Å². The van der Waals surface area contributed by atoms with E-state index in [0.29, 0.717) is 29.2 Å². The second-order valence-corrected chi connectivity index (χ2v) is 6.71. The van der Waals surface area contributed by atoms with Crippen LogP contribution in [0.5, 0.6) is 17.2 Å². The topological polar surface area (TPSA) is 57.7 Å². The Labute approximate surface area is 160 Å². The zero-order valence-corrected chi connectivity index (χ0v) is 15.5. The maximum absolute atomic E-state index is 12.8. The van der Waals surface area contributed by atoms with E-state index < -0.39 is 0 Å². The van der Waals surface area contributed by atoms with E-state index in [1.54, 1.807) is 42.2 Å². The van der Waals surface area contributed by atoms with Crippen molar-refractivity contribution in [3.8, 4) is 17.2 Å². The van der Waals surface area contributed by atoms with E-state index in [-0.39, 0.29) is 12.4 Å². The first-order chi connectivity index (χ1) is 13.2. The Balaban J connectivity index is 1.49. The van der Waals surface area contributed by atoms with Gasteiger partial charge in [-0.1, -0.05) is 12.1 Å². The highest BCUT2D eigenvalue weighted by Crippen LogP contribution is 2.31. The summed E-state index contributed by atoms with van der Waals surface area (Å²) in [6.45, 7) is 0.690. The number of benzene rings is 2. The van der Waals surface area contributed by atoms with Gasteiger partial charge >= 0.3 is 0 Å². The third-order valence-corrected chi connectivity index (χ3v) is 4.83. The van der Waals surface area contributed by atoms with Crippen molar-refractivity contribution in [2.75, 3.05) is 13.7 Å². The van der Waals surface area contributed by atoms with E-state index in [4.69, 9.17) is 14.2 Å². The molecule has 0 saturated heterocycles. The number of carbonyl (C=O) groups excluding carboxylic acids is 1. The fraction of sp³-hybridized carbons (Fsp3) is 0.143. The molecule has 3 aromatic rings. The summed E-state index contributed by atoms with van der Waals surface area (Å²) < 4.78 is 16.6. The molecule has 1 aromatic heterocycles. The Hall–Kier alpha value is -3.12. The molecule has 6 heteroatoms. The van der Waals surface area contributed by atoms with Crippen LogP contribution >= 0.6 is 11.3 Å². The predicted octanol–water partition coefficient (Wildman–Crippen LogP) is 4.39. The van der Waals surface area contributed by atoms with Gasteiger partial charge in [-0.3, -0.25) is 4.79 Å². The van der Waals surface area contributed by atoms with Gasteiger partial charge < -0.3 is 14.2 Å². The quantitative estimate of drug-likeness (QED) is 0.616. The number of Topliss-reactive ketones (excluding diaryl/α,β-unsaturated/α-hetero) is 1. The fourth-order valence-electron chi connectivity index (χ4n) is 2.77. The second-order valence-electron chi connectivity index (χ2n) is 5.99. The molecule has 0 spiro atoms. The van der Waals surface area contributed by atoms with Gasteiger partial charge in [0, 0.05) is 11.0 Å². The molecular weight excluding hydrogens is 362 g/mol. The summed E-state index contributed by atoms with van der Waals surface area (Å²) in [6, 6.07) is 12.8. The molecule has 5 nitrogen and oxygen atoms in total. The van der Waals surface area contributed by atoms with Gasteiger partial charge in [0.05, 0.1) is 23.9 Å². The van der Waals surface area contributed by atoms with Crippen LogP contribution in [0.15, 0.2) is 58.9 Å². The standard InChI is InChI=1S/C21H17NO4S/c1-24-18-6-7-20-19(9-18)21(23)15(10-26-20)8-14-2-4-17(5-3-14)25-11-16-12-27-13-22-16/h2-9,12-13H,10-11H2,1H3. The average molecular weight is 379 g/mol. The molecule has 0 fully saturated rings. The van der Waals surface area contributed by atoms with Crippen LogP contribution in [0, 0.1) is 0 Å². The Bertz CT molecular complexity index is 978.